The summed E-state index contributed by atoms with van der Waals surface area (Å²) in [5, 5.41) is 11.2. The zero-order valence-electron chi connectivity index (χ0n) is 11.1. The first kappa shape index (κ1) is 15.7. The molecule has 2 aromatic carbocycles. The number of nitrogens with zero attached hydrogens (tertiary/aromatic N) is 2. The Balaban J connectivity index is 2.14. The van der Waals surface area contributed by atoms with E-state index in [1.54, 1.807) is 0 Å². The van der Waals surface area contributed by atoms with Crippen molar-refractivity contribution in [2.45, 2.75) is 0 Å². The standard InChI is InChI=1S/C13H6Cl2N2O5S/c14-7-1-4-12-9(5-7)13(18)16(23(21)22-12)11-6-8(17(19)20)2-3-10(11)15/h1-6H. The Morgan fingerprint density at radius 3 is 2.61 bits per heavy atom. The summed E-state index contributed by atoms with van der Waals surface area (Å²) in [6.45, 7) is 0. The van der Waals surface area contributed by atoms with Gasteiger partial charge in [-0.25, -0.2) is 0 Å². The lowest BCUT2D eigenvalue weighted by Crippen LogP contribution is -2.39. The van der Waals surface area contributed by atoms with Crippen LogP contribution in [0.1, 0.15) is 10.4 Å². The summed E-state index contributed by atoms with van der Waals surface area (Å²) in [6, 6.07) is 7.73. The average molecular weight is 373 g/mol. The fraction of sp³-hybridized carbons (Fsp3) is 0. The molecule has 0 spiro atoms. The Morgan fingerprint density at radius 1 is 1.17 bits per heavy atom. The molecule has 0 fully saturated rings. The molecule has 7 nitrogen and oxygen atoms in total. The predicted molar refractivity (Wildman–Crippen MR) is 85.1 cm³/mol. The molecule has 2 aromatic rings. The number of carbonyl (C=O) groups is 1. The molecule has 0 N–H and O–H groups in total. The van der Waals surface area contributed by atoms with E-state index >= 15 is 0 Å². The van der Waals surface area contributed by atoms with Crippen molar-refractivity contribution in [3.05, 3.63) is 62.1 Å². The highest BCUT2D eigenvalue weighted by molar-refractivity contribution is 7.83. The van der Waals surface area contributed by atoms with E-state index in [4.69, 9.17) is 27.4 Å². The molecule has 0 aromatic heterocycles. The van der Waals surface area contributed by atoms with E-state index in [9.17, 15) is 19.1 Å². The Bertz CT molecular complexity index is 873. The first-order chi connectivity index (χ1) is 10.9. The molecule has 1 unspecified atom stereocenters. The van der Waals surface area contributed by atoms with Crippen molar-refractivity contribution in [3.8, 4) is 5.75 Å². The van der Waals surface area contributed by atoms with Crippen LogP contribution in [0.25, 0.3) is 0 Å². The summed E-state index contributed by atoms with van der Waals surface area (Å²) < 4.78 is 18.1. The largest absolute Gasteiger partial charge is 0.384 e. The number of halogens is 2. The van der Waals surface area contributed by atoms with Crippen LogP contribution in [0.15, 0.2) is 36.4 Å². The zero-order chi connectivity index (χ0) is 16.7. The summed E-state index contributed by atoms with van der Waals surface area (Å²) in [6.07, 6.45) is 0. The van der Waals surface area contributed by atoms with Gasteiger partial charge >= 0.3 is 11.3 Å². The SMILES string of the molecule is O=C1c2cc(Cl)ccc2OS(=O)N1c1cc([N+](=O)[O-])ccc1Cl. The predicted octanol–water partition coefficient (Wildman–Crippen LogP) is 3.52. The average Bonchev–Trinajstić information content (AvgIpc) is 2.49. The van der Waals surface area contributed by atoms with Gasteiger partial charge in [0, 0.05) is 17.2 Å². The fourth-order valence-electron chi connectivity index (χ4n) is 1.99. The molecule has 0 radical (unpaired) electrons. The highest BCUT2D eigenvalue weighted by Crippen LogP contribution is 2.37. The van der Waals surface area contributed by atoms with E-state index in [2.05, 4.69) is 0 Å². The molecule has 1 amide bonds. The third kappa shape index (κ3) is 2.76. The van der Waals surface area contributed by atoms with Gasteiger partial charge < -0.3 is 4.18 Å². The molecule has 1 atom stereocenters. The van der Waals surface area contributed by atoms with E-state index in [-0.39, 0.29) is 27.7 Å². The van der Waals surface area contributed by atoms with Crippen molar-refractivity contribution in [3.63, 3.8) is 0 Å². The lowest BCUT2D eigenvalue weighted by atomic mass is 10.1. The summed E-state index contributed by atoms with van der Waals surface area (Å²) in [7, 11) is 0. The molecule has 10 heteroatoms. The number of carbonyl (C=O) groups excluding carboxylic acids is 1. The number of nitro groups is 1. The van der Waals surface area contributed by atoms with Gasteiger partial charge in [-0.3, -0.25) is 14.9 Å². The van der Waals surface area contributed by atoms with Gasteiger partial charge in [-0.15, -0.1) is 0 Å². The number of anilines is 1. The number of rotatable bonds is 2. The number of fused-ring (bicyclic) bond motifs is 1. The van der Waals surface area contributed by atoms with Crippen molar-refractivity contribution >= 4 is 51.8 Å². The molecule has 1 aliphatic heterocycles. The topological polar surface area (TPSA) is 89.8 Å². The Hall–Kier alpha value is -2.16. The molecule has 0 saturated heterocycles. The minimum absolute atomic E-state index is 0.0198. The third-order valence-corrected chi connectivity index (χ3v) is 4.56. The van der Waals surface area contributed by atoms with Gasteiger partial charge in [0.15, 0.2) is 5.75 Å². The minimum atomic E-state index is -2.23. The monoisotopic (exact) mass is 372 g/mol. The van der Waals surface area contributed by atoms with E-state index in [1.807, 2.05) is 0 Å². The number of hydrogen-bond donors (Lipinski definition) is 0. The highest BCUT2D eigenvalue weighted by atomic mass is 35.5. The van der Waals surface area contributed by atoms with Crippen LogP contribution >= 0.6 is 23.2 Å². The summed E-state index contributed by atoms with van der Waals surface area (Å²) in [5.41, 5.74) is -0.305. The molecule has 23 heavy (non-hydrogen) atoms. The third-order valence-electron chi connectivity index (χ3n) is 3.03. The van der Waals surface area contributed by atoms with Gasteiger partial charge in [-0.2, -0.15) is 8.51 Å². The van der Waals surface area contributed by atoms with Gasteiger partial charge in [-0.05, 0) is 24.3 Å². The summed E-state index contributed by atoms with van der Waals surface area (Å²) in [4.78, 5) is 22.8. The first-order valence-electron chi connectivity index (χ1n) is 6.06. The molecule has 0 saturated carbocycles. The number of amides is 1. The highest BCUT2D eigenvalue weighted by Gasteiger charge is 2.35. The molecule has 118 valence electrons. The zero-order valence-corrected chi connectivity index (χ0v) is 13.4. The lowest BCUT2D eigenvalue weighted by molar-refractivity contribution is -0.384. The van der Waals surface area contributed by atoms with E-state index in [0.717, 1.165) is 10.4 Å². The van der Waals surface area contributed by atoms with Gasteiger partial charge in [0.2, 0.25) is 0 Å². The summed E-state index contributed by atoms with van der Waals surface area (Å²) >= 11 is 9.62. The molecule has 0 bridgehead atoms. The normalized spacial score (nSPS) is 16.7. The maximum Gasteiger partial charge on any atom is 0.326 e. The van der Waals surface area contributed by atoms with Crippen LogP contribution in [0.5, 0.6) is 5.75 Å². The first-order valence-corrected chi connectivity index (χ1v) is 7.85. The quantitative estimate of drug-likeness (QED) is 0.594. The fourth-order valence-corrected chi connectivity index (χ4v) is 3.34. The van der Waals surface area contributed by atoms with Gasteiger partial charge in [0.1, 0.15) is 0 Å². The summed E-state index contributed by atoms with van der Waals surface area (Å²) in [5.74, 6) is -0.579. The van der Waals surface area contributed by atoms with Crippen LogP contribution < -0.4 is 8.49 Å². The minimum Gasteiger partial charge on any atom is -0.384 e. The van der Waals surface area contributed by atoms with Crippen LogP contribution in [0, 0.1) is 10.1 Å². The van der Waals surface area contributed by atoms with Gasteiger partial charge in [-0.1, -0.05) is 23.2 Å². The van der Waals surface area contributed by atoms with Crippen LogP contribution in [0.3, 0.4) is 0 Å². The smallest absolute Gasteiger partial charge is 0.326 e. The molecular formula is C13H6Cl2N2O5S. The lowest BCUT2D eigenvalue weighted by Gasteiger charge is -2.26. The number of nitro benzene ring substituents is 1. The molecule has 3 rings (SSSR count). The molecular weight excluding hydrogens is 367 g/mol. The van der Waals surface area contributed by atoms with Crippen molar-refractivity contribution in [1.29, 1.82) is 0 Å². The second kappa shape index (κ2) is 5.80. The second-order valence-electron chi connectivity index (χ2n) is 4.43. The second-order valence-corrected chi connectivity index (χ2v) is 6.24. The van der Waals surface area contributed by atoms with Gasteiger partial charge in [0.05, 0.1) is 21.2 Å². The molecule has 1 aliphatic rings. The number of benzene rings is 2. The maximum absolute atomic E-state index is 12.6. The van der Waals surface area contributed by atoms with Crippen molar-refractivity contribution in [2.75, 3.05) is 4.31 Å². The number of non-ortho nitro benzene ring substituents is 1. The van der Waals surface area contributed by atoms with Crippen molar-refractivity contribution < 1.29 is 18.1 Å². The van der Waals surface area contributed by atoms with E-state index < -0.39 is 22.1 Å². The van der Waals surface area contributed by atoms with Crippen LogP contribution in [0.4, 0.5) is 11.4 Å². The van der Waals surface area contributed by atoms with Crippen molar-refractivity contribution in [1.82, 2.24) is 0 Å². The van der Waals surface area contributed by atoms with Crippen LogP contribution in [-0.4, -0.2) is 15.0 Å². The Kier molecular flexibility index (Phi) is 3.97. The van der Waals surface area contributed by atoms with Crippen molar-refractivity contribution in [2.24, 2.45) is 0 Å². The Labute approximate surface area is 142 Å². The van der Waals surface area contributed by atoms with Crippen LogP contribution in [-0.2, 0) is 11.3 Å². The number of hydrogen-bond acceptors (Lipinski definition) is 5. The van der Waals surface area contributed by atoms with E-state index in [1.165, 1.54) is 30.3 Å². The van der Waals surface area contributed by atoms with E-state index in [0.29, 0.717) is 5.02 Å². The molecule has 1 heterocycles. The maximum atomic E-state index is 12.6. The van der Waals surface area contributed by atoms with Crippen LogP contribution in [0.2, 0.25) is 10.0 Å². The Morgan fingerprint density at radius 2 is 1.91 bits per heavy atom. The molecule has 0 aliphatic carbocycles. The van der Waals surface area contributed by atoms with Gasteiger partial charge in [0.25, 0.3) is 11.6 Å².